The van der Waals surface area contributed by atoms with Crippen LogP contribution in [-0.2, 0) is 14.3 Å². The average molecular weight is 447 g/mol. The van der Waals surface area contributed by atoms with E-state index in [2.05, 4.69) is 15.3 Å². The number of carbonyl (C=O) groups excluding carboxylic acids is 2. The third kappa shape index (κ3) is 4.62. The zero-order valence-corrected chi connectivity index (χ0v) is 18.2. The Kier molecular flexibility index (Phi) is 5.95. The summed E-state index contributed by atoms with van der Waals surface area (Å²) >= 11 is 0. The molecule has 1 amide bonds. The Balaban J connectivity index is 1.70. The smallest absolute Gasteiger partial charge is 0.303 e. The Bertz CT molecular complexity index is 1390. The Morgan fingerprint density at radius 1 is 1.18 bits per heavy atom. The van der Waals surface area contributed by atoms with Crippen molar-refractivity contribution in [1.29, 1.82) is 0 Å². The normalized spacial score (nSPS) is 11.7. The summed E-state index contributed by atoms with van der Waals surface area (Å²) in [5.41, 5.74) is 2.75. The lowest BCUT2D eigenvalue weighted by atomic mass is 10.0. The summed E-state index contributed by atoms with van der Waals surface area (Å²) in [6.07, 6.45) is 1.93. The van der Waals surface area contributed by atoms with E-state index in [1.54, 1.807) is 36.5 Å². The van der Waals surface area contributed by atoms with Crippen molar-refractivity contribution in [3.63, 3.8) is 0 Å². The van der Waals surface area contributed by atoms with E-state index in [-0.39, 0.29) is 5.43 Å². The number of ether oxygens (including phenoxy) is 2. The maximum atomic E-state index is 12.9. The largest absolute Gasteiger partial charge is 0.496 e. The number of amides is 1. The molecule has 0 radical (unpaired) electrons. The molecule has 0 saturated heterocycles. The first-order chi connectivity index (χ1) is 15.9. The lowest BCUT2D eigenvalue weighted by Gasteiger charge is -2.13. The van der Waals surface area contributed by atoms with Crippen molar-refractivity contribution in [2.45, 2.75) is 20.0 Å². The highest BCUT2D eigenvalue weighted by Crippen LogP contribution is 2.33. The molecular weight excluding hydrogens is 426 g/mol. The maximum Gasteiger partial charge on any atom is 0.303 e. The third-order valence-electron chi connectivity index (χ3n) is 5.00. The number of oxazole rings is 1. The molecule has 9 heteroatoms. The lowest BCUT2D eigenvalue weighted by molar-refractivity contribution is -0.150. The van der Waals surface area contributed by atoms with E-state index in [0.717, 1.165) is 0 Å². The molecule has 9 nitrogen and oxygen atoms in total. The van der Waals surface area contributed by atoms with Gasteiger partial charge in [-0.3, -0.25) is 14.4 Å². The second-order valence-corrected chi connectivity index (χ2v) is 7.33. The number of nitrogens with zero attached hydrogens (tertiary/aromatic N) is 1. The van der Waals surface area contributed by atoms with Crippen LogP contribution in [0, 0.1) is 0 Å². The van der Waals surface area contributed by atoms with Gasteiger partial charge in [-0.1, -0.05) is 12.1 Å². The van der Waals surface area contributed by atoms with E-state index in [9.17, 15) is 14.4 Å². The molecule has 168 valence electrons. The van der Waals surface area contributed by atoms with E-state index < -0.39 is 18.0 Å². The van der Waals surface area contributed by atoms with Crippen LogP contribution in [0.4, 0.5) is 5.69 Å². The molecule has 33 heavy (non-hydrogen) atoms. The number of nitrogens with one attached hydrogen (secondary N) is 2. The predicted octanol–water partition coefficient (Wildman–Crippen LogP) is 3.75. The molecule has 2 aromatic carbocycles. The average Bonchev–Trinajstić information content (AvgIpc) is 3.32. The predicted molar refractivity (Wildman–Crippen MR) is 122 cm³/mol. The molecule has 0 saturated carbocycles. The van der Waals surface area contributed by atoms with Gasteiger partial charge in [0.2, 0.25) is 0 Å². The third-order valence-corrected chi connectivity index (χ3v) is 5.00. The van der Waals surface area contributed by atoms with Gasteiger partial charge in [-0.25, -0.2) is 4.98 Å². The summed E-state index contributed by atoms with van der Waals surface area (Å²) in [7, 11) is 1.53. The Labute approximate surface area is 188 Å². The summed E-state index contributed by atoms with van der Waals surface area (Å²) in [5.74, 6) is 0.0113. The first-order valence-corrected chi connectivity index (χ1v) is 10.1. The van der Waals surface area contributed by atoms with Gasteiger partial charge < -0.3 is 24.2 Å². The van der Waals surface area contributed by atoms with Crippen LogP contribution < -0.4 is 15.5 Å². The summed E-state index contributed by atoms with van der Waals surface area (Å²) in [5, 5.41) is 3.17. The zero-order chi connectivity index (χ0) is 23.5. The van der Waals surface area contributed by atoms with Crippen molar-refractivity contribution in [2.24, 2.45) is 0 Å². The summed E-state index contributed by atoms with van der Waals surface area (Å²) in [6, 6.07) is 11.9. The minimum absolute atomic E-state index is 0.194. The number of esters is 1. The number of aromatic nitrogens is 2. The SMILES string of the molecule is COc1cc2[nH]c(-c3cccc(NC(=O)C(C)OC(C)=O)c3)cc(=O)c2cc1-c1cnco1. The second-order valence-electron chi connectivity index (χ2n) is 7.33. The van der Waals surface area contributed by atoms with Crippen LogP contribution in [-0.4, -0.2) is 35.1 Å². The van der Waals surface area contributed by atoms with Gasteiger partial charge in [0.1, 0.15) is 5.75 Å². The fourth-order valence-corrected chi connectivity index (χ4v) is 3.45. The Morgan fingerprint density at radius 3 is 2.70 bits per heavy atom. The molecular formula is C24H21N3O6. The summed E-state index contributed by atoms with van der Waals surface area (Å²) in [4.78, 5) is 43.4. The van der Waals surface area contributed by atoms with Gasteiger partial charge in [-0.2, -0.15) is 0 Å². The molecule has 4 aromatic rings. The number of rotatable bonds is 6. The standard InChI is InChI=1S/C24H21N3O6/c1-13(33-14(2)28)24(30)26-16-6-4-5-15(7-16)19-9-21(29)17-8-18(23-11-25-12-32-23)22(31-3)10-20(17)27-19/h4-13H,1-3H3,(H,26,30)(H,27,29). The van der Waals surface area contributed by atoms with Gasteiger partial charge in [0.15, 0.2) is 23.7 Å². The molecule has 0 aliphatic rings. The van der Waals surface area contributed by atoms with E-state index in [1.165, 1.54) is 33.4 Å². The van der Waals surface area contributed by atoms with Crippen molar-refractivity contribution in [1.82, 2.24) is 9.97 Å². The van der Waals surface area contributed by atoms with Crippen LogP contribution in [0.1, 0.15) is 13.8 Å². The number of methoxy groups -OCH3 is 1. The highest BCUT2D eigenvalue weighted by Gasteiger charge is 2.17. The van der Waals surface area contributed by atoms with Crippen molar-refractivity contribution in [3.05, 3.63) is 65.3 Å². The fraction of sp³-hybridized carbons (Fsp3) is 0.167. The summed E-state index contributed by atoms with van der Waals surface area (Å²) < 4.78 is 15.7. The maximum absolute atomic E-state index is 12.9. The monoisotopic (exact) mass is 447 g/mol. The second kappa shape index (κ2) is 8.99. The molecule has 0 bridgehead atoms. The van der Waals surface area contributed by atoms with Gasteiger partial charge >= 0.3 is 5.97 Å². The summed E-state index contributed by atoms with van der Waals surface area (Å²) in [6.45, 7) is 2.73. The molecule has 2 N–H and O–H groups in total. The van der Waals surface area contributed by atoms with E-state index in [0.29, 0.717) is 44.9 Å². The van der Waals surface area contributed by atoms with Crippen LogP contribution in [0.3, 0.4) is 0 Å². The van der Waals surface area contributed by atoms with Gasteiger partial charge in [0.25, 0.3) is 5.91 Å². The first kappa shape index (κ1) is 21.8. The molecule has 4 rings (SSSR count). The molecule has 1 atom stereocenters. The van der Waals surface area contributed by atoms with Crippen LogP contribution in [0.5, 0.6) is 5.75 Å². The lowest BCUT2D eigenvalue weighted by Crippen LogP contribution is -2.29. The Hall–Kier alpha value is -4.40. The number of pyridine rings is 1. The number of hydrogen-bond donors (Lipinski definition) is 2. The molecule has 1 unspecified atom stereocenters. The quantitative estimate of drug-likeness (QED) is 0.432. The van der Waals surface area contributed by atoms with Crippen LogP contribution >= 0.6 is 0 Å². The first-order valence-electron chi connectivity index (χ1n) is 10.1. The number of anilines is 1. The highest BCUT2D eigenvalue weighted by atomic mass is 16.5. The van der Waals surface area contributed by atoms with E-state index >= 15 is 0 Å². The van der Waals surface area contributed by atoms with Crippen LogP contribution in [0.2, 0.25) is 0 Å². The van der Waals surface area contributed by atoms with Gasteiger partial charge in [0.05, 0.1) is 24.4 Å². The molecule has 2 heterocycles. The number of carbonyl (C=O) groups is 2. The van der Waals surface area contributed by atoms with Crippen molar-refractivity contribution >= 4 is 28.5 Å². The molecule has 0 aliphatic carbocycles. The van der Waals surface area contributed by atoms with Crippen LogP contribution in [0.25, 0.3) is 33.5 Å². The number of hydrogen-bond acceptors (Lipinski definition) is 7. The van der Waals surface area contributed by atoms with E-state index in [4.69, 9.17) is 13.9 Å². The Morgan fingerprint density at radius 2 is 2.00 bits per heavy atom. The van der Waals surface area contributed by atoms with Gasteiger partial charge in [-0.05, 0) is 25.1 Å². The fourth-order valence-electron chi connectivity index (χ4n) is 3.45. The van der Waals surface area contributed by atoms with E-state index in [1.807, 2.05) is 6.07 Å². The van der Waals surface area contributed by atoms with Crippen LogP contribution in [0.15, 0.2) is 64.3 Å². The van der Waals surface area contributed by atoms with Gasteiger partial charge in [0, 0.05) is 41.4 Å². The van der Waals surface area contributed by atoms with Crippen molar-refractivity contribution < 1.29 is 23.5 Å². The molecule has 2 aromatic heterocycles. The number of H-pyrrole nitrogens is 1. The number of fused-ring (bicyclic) bond motifs is 1. The zero-order valence-electron chi connectivity index (χ0n) is 18.2. The number of benzene rings is 2. The van der Waals surface area contributed by atoms with Crippen molar-refractivity contribution in [2.75, 3.05) is 12.4 Å². The number of aromatic amines is 1. The highest BCUT2D eigenvalue weighted by molar-refractivity contribution is 5.95. The van der Waals surface area contributed by atoms with Crippen molar-refractivity contribution in [3.8, 4) is 28.3 Å². The molecule has 0 fully saturated rings. The topological polar surface area (TPSA) is 124 Å². The molecule has 0 spiro atoms. The minimum atomic E-state index is -0.933. The minimum Gasteiger partial charge on any atom is -0.496 e. The van der Waals surface area contributed by atoms with Gasteiger partial charge in [-0.15, -0.1) is 0 Å². The molecule has 0 aliphatic heterocycles.